The third-order valence-corrected chi connectivity index (χ3v) is 6.55. The molecule has 2 atom stereocenters. The van der Waals surface area contributed by atoms with E-state index >= 15 is 0 Å². The highest BCUT2D eigenvalue weighted by Crippen LogP contribution is 2.63. The van der Waals surface area contributed by atoms with Crippen molar-refractivity contribution in [2.75, 3.05) is 0 Å². The van der Waals surface area contributed by atoms with E-state index in [0.717, 1.165) is 17.8 Å². The number of aromatic nitrogens is 2. The summed E-state index contributed by atoms with van der Waals surface area (Å²) in [6.07, 6.45) is 12.8. The quantitative estimate of drug-likeness (QED) is 0.913. The van der Waals surface area contributed by atoms with Crippen molar-refractivity contribution in [2.24, 2.45) is 28.9 Å². The maximum absolute atomic E-state index is 6.13. The second-order valence-corrected chi connectivity index (χ2v) is 7.97. The molecule has 4 fully saturated rings. The SMILES string of the molecule is CC(n1cncc1[C@H](C)N)C12CC3CC(CC(C3)C1)C2. The minimum Gasteiger partial charge on any atom is -0.330 e. The van der Waals surface area contributed by atoms with E-state index < -0.39 is 0 Å². The molecule has 20 heavy (non-hydrogen) atoms. The van der Waals surface area contributed by atoms with Crippen LogP contribution in [-0.2, 0) is 0 Å². The summed E-state index contributed by atoms with van der Waals surface area (Å²) >= 11 is 0. The highest BCUT2D eigenvalue weighted by atomic mass is 15.1. The second-order valence-electron chi connectivity index (χ2n) is 7.97. The topological polar surface area (TPSA) is 43.8 Å². The number of nitrogens with two attached hydrogens (primary N) is 1. The summed E-state index contributed by atoms with van der Waals surface area (Å²) in [5.74, 6) is 3.02. The fraction of sp³-hybridized carbons (Fsp3) is 0.824. The Labute approximate surface area is 122 Å². The van der Waals surface area contributed by atoms with Crippen LogP contribution in [0.2, 0.25) is 0 Å². The number of rotatable bonds is 3. The van der Waals surface area contributed by atoms with Gasteiger partial charge in [-0.1, -0.05) is 0 Å². The molecular formula is C17H27N3. The molecule has 0 aromatic carbocycles. The van der Waals surface area contributed by atoms with Gasteiger partial charge in [-0.3, -0.25) is 0 Å². The molecule has 0 spiro atoms. The molecule has 0 saturated heterocycles. The fourth-order valence-electron chi connectivity index (χ4n) is 5.98. The van der Waals surface area contributed by atoms with E-state index in [-0.39, 0.29) is 6.04 Å². The van der Waals surface area contributed by atoms with Gasteiger partial charge < -0.3 is 10.3 Å². The fourth-order valence-corrected chi connectivity index (χ4v) is 5.98. The van der Waals surface area contributed by atoms with Crippen molar-refractivity contribution in [1.29, 1.82) is 0 Å². The average Bonchev–Trinajstić information content (AvgIpc) is 2.85. The molecule has 0 radical (unpaired) electrons. The lowest BCUT2D eigenvalue weighted by Gasteiger charge is -2.59. The van der Waals surface area contributed by atoms with Gasteiger partial charge in [-0.2, -0.15) is 0 Å². The largest absolute Gasteiger partial charge is 0.330 e. The Balaban J connectivity index is 1.68. The molecule has 4 saturated carbocycles. The predicted octanol–water partition coefficient (Wildman–Crippen LogP) is 3.68. The molecule has 0 aliphatic heterocycles. The van der Waals surface area contributed by atoms with E-state index in [9.17, 15) is 0 Å². The van der Waals surface area contributed by atoms with E-state index in [1.807, 2.05) is 12.5 Å². The van der Waals surface area contributed by atoms with E-state index in [0.29, 0.717) is 11.5 Å². The summed E-state index contributed by atoms with van der Waals surface area (Å²) in [7, 11) is 0. The third kappa shape index (κ3) is 1.78. The first kappa shape index (κ1) is 12.9. The molecule has 3 nitrogen and oxygen atoms in total. The Hall–Kier alpha value is -0.830. The summed E-state index contributed by atoms with van der Waals surface area (Å²) in [6, 6.07) is 0.633. The molecular weight excluding hydrogens is 246 g/mol. The van der Waals surface area contributed by atoms with Gasteiger partial charge in [-0.05, 0) is 75.5 Å². The van der Waals surface area contributed by atoms with Gasteiger partial charge in [0.2, 0.25) is 0 Å². The second kappa shape index (κ2) is 4.33. The number of hydrogen-bond acceptors (Lipinski definition) is 2. The molecule has 4 aliphatic rings. The van der Waals surface area contributed by atoms with Gasteiger partial charge in [-0.25, -0.2) is 4.98 Å². The lowest BCUT2D eigenvalue weighted by atomic mass is 9.48. The Morgan fingerprint density at radius 3 is 2.20 bits per heavy atom. The molecule has 0 amide bonds. The van der Waals surface area contributed by atoms with E-state index in [4.69, 9.17) is 5.73 Å². The lowest BCUT2D eigenvalue weighted by Crippen LogP contribution is -2.49. The zero-order chi connectivity index (χ0) is 13.9. The van der Waals surface area contributed by atoms with Gasteiger partial charge in [0.25, 0.3) is 0 Å². The normalized spacial score (nSPS) is 41.9. The predicted molar refractivity (Wildman–Crippen MR) is 80.1 cm³/mol. The van der Waals surface area contributed by atoms with Gasteiger partial charge in [0.05, 0.1) is 12.0 Å². The molecule has 1 heterocycles. The number of hydrogen-bond donors (Lipinski definition) is 1. The highest BCUT2D eigenvalue weighted by Gasteiger charge is 2.53. The van der Waals surface area contributed by atoms with Crippen LogP contribution in [0.25, 0.3) is 0 Å². The summed E-state index contributed by atoms with van der Waals surface area (Å²) < 4.78 is 2.39. The van der Waals surface area contributed by atoms with Crippen LogP contribution in [0.4, 0.5) is 0 Å². The summed E-state index contributed by atoms with van der Waals surface area (Å²) in [4.78, 5) is 4.37. The Morgan fingerprint density at radius 1 is 1.15 bits per heavy atom. The average molecular weight is 273 g/mol. The molecule has 1 aromatic heterocycles. The Morgan fingerprint density at radius 2 is 1.70 bits per heavy atom. The van der Waals surface area contributed by atoms with Crippen molar-refractivity contribution in [1.82, 2.24) is 9.55 Å². The van der Waals surface area contributed by atoms with Gasteiger partial charge in [0, 0.05) is 18.3 Å². The number of imidazole rings is 1. The van der Waals surface area contributed by atoms with Crippen molar-refractivity contribution in [3.05, 3.63) is 18.2 Å². The lowest BCUT2D eigenvalue weighted by molar-refractivity contribution is -0.0793. The Kier molecular flexibility index (Phi) is 2.79. The Bertz CT molecular complexity index is 467. The van der Waals surface area contributed by atoms with E-state index in [1.165, 1.54) is 44.2 Å². The van der Waals surface area contributed by atoms with Crippen molar-refractivity contribution in [2.45, 2.75) is 64.5 Å². The first-order valence-corrected chi connectivity index (χ1v) is 8.35. The summed E-state index contributed by atoms with van der Waals surface area (Å²) in [6.45, 7) is 4.49. The van der Waals surface area contributed by atoms with Crippen LogP contribution in [0.15, 0.2) is 12.5 Å². The zero-order valence-electron chi connectivity index (χ0n) is 12.8. The van der Waals surface area contributed by atoms with Crippen LogP contribution in [0.1, 0.15) is 70.2 Å². The van der Waals surface area contributed by atoms with Crippen LogP contribution in [0, 0.1) is 23.2 Å². The van der Waals surface area contributed by atoms with Crippen LogP contribution in [-0.4, -0.2) is 9.55 Å². The minimum atomic E-state index is 0.0777. The smallest absolute Gasteiger partial charge is 0.0951 e. The van der Waals surface area contributed by atoms with Gasteiger partial charge in [0.15, 0.2) is 0 Å². The van der Waals surface area contributed by atoms with Gasteiger partial charge in [0.1, 0.15) is 0 Å². The standard InChI is InChI=1S/C17H27N3/c1-11(18)16-9-19-10-20(16)12(2)17-6-13-3-14(7-17)5-15(4-13)8-17/h9-15H,3-8,18H2,1-2H3/t11-,12?,13?,14?,15?,17?/m0/s1. The molecule has 4 aliphatic carbocycles. The van der Waals surface area contributed by atoms with Crippen LogP contribution < -0.4 is 5.73 Å². The molecule has 4 bridgehead atoms. The zero-order valence-corrected chi connectivity index (χ0v) is 12.8. The first-order valence-electron chi connectivity index (χ1n) is 8.35. The molecule has 1 unspecified atom stereocenters. The van der Waals surface area contributed by atoms with Crippen molar-refractivity contribution in [3.8, 4) is 0 Å². The monoisotopic (exact) mass is 273 g/mol. The maximum Gasteiger partial charge on any atom is 0.0951 e. The van der Waals surface area contributed by atoms with Crippen molar-refractivity contribution in [3.63, 3.8) is 0 Å². The van der Waals surface area contributed by atoms with Crippen LogP contribution in [0.5, 0.6) is 0 Å². The van der Waals surface area contributed by atoms with E-state index in [2.05, 4.69) is 23.4 Å². The number of nitrogens with zero attached hydrogens (tertiary/aromatic N) is 2. The highest BCUT2D eigenvalue weighted by molar-refractivity contribution is 5.10. The van der Waals surface area contributed by atoms with Crippen LogP contribution in [0.3, 0.4) is 0 Å². The van der Waals surface area contributed by atoms with Crippen molar-refractivity contribution >= 4 is 0 Å². The van der Waals surface area contributed by atoms with Crippen molar-refractivity contribution < 1.29 is 0 Å². The summed E-state index contributed by atoms with van der Waals surface area (Å²) in [5.41, 5.74) is 7.86. The third-order valence-electron chi connectivity index (χ3n) is 6.55. The molecule has 2 N–H and O–H groups in total. The minimum absolute atomic E-state index is 0.0777. The summed E-state index contributed by atoms with van der Waals surface area (Å²) in [5, 5.41) is 0. The van der Waals surface area contributed by atoms with Gasteiger partial charge in [-0.15, -0.1) is 0 Å². The van der Waals surface area contributed by atoms with E-state index in [1.54, 1.807) is 0 Å². The van der Waals surface area contributed by atoms with Crippen LogP contribution >= 0.6 is 0 Å². The molecule has 1 aromatic rings. The first-order chi connectivity index (χ1) is 9.57. The molecule has 5 rings (SSSR count). The maximum atomic E-state index is 6.13. The molecule has 3 heteroatoms. The van der Waals surface area contributed by atoms with Gasteiger partial charge >= 0.3 is 0 Å². The molecule has 110 valence electrons.